The fraction of sp³-hybridized carbons (Fsp3) is 0.0909. The number of fused-ring (bicyclic) bond motifs is 2. The molecular weight excluding hydrogens is 244 g/mol. The summed E-state index contributed by atoms with van der Waals surface area (Å²) < 4.78 is 5.50. The minimum Gasteiger partial charge on any atom is -0.464 e. The topological polar surface area (TPSA) is 47.3 Å². The molecule has 0 amide bonds. The Balaban J connectivity index is 0.000000963. The minimum absolute atomic E-state index is 0. The van der Waals surface area contributed by atoms with Crippen LogP contribution in [0.4, 0.5) is 0 Å². The van der Waals surface area contributed by atoms with Crippen LogP contribution in [0.1, 0.15) is 5.56 Å². The average Bonchev–Trinajstić information content (AvgIpc) is 2.52. The summed E-state index contributed by atoms with van der Waals surface area (Å²) >= 11 is 1.61. The van der Waals surface area contributed by atoms with Crippen LogP contribution in [0.15, 0.2) is 41.5 Å². The third kappa shape index (κ3) is 1.80. The van der Waals surface area contributed by atoms with E-state index in [9.17, 15) is 0 Å². The fourth-order valence-corrected chi connectivity index (χ4v) is 2.59. The van der Waals surface area contributed by atoms with Gasteiger partial charge >= 0.3 is 0 Å². The standard InChI is InChI=1S/C11H10N2OS.ClH/c12-11-13-10-7-3-1-2-4-8(7)14-6-5-9(10)15-11;/h1-6,11,13H,12H2;1H. The molecule has 1 aromatic carbocycles. The van der Waals surface area contributed by atoms with E-state index in [1.807, 2.05) is 30.3 Å². The Morgan fingerprint density at radius 3 is 3.00 bits per heavy atom. The third-order valence-corrected chi connectivity index (χ3v) is 3.32. The van der Waals surface area contributed by atoms with E-state index in [1.165, 1.54) is 0 Å². The van der Waals surface area contributed by atoms with Gasteiger partial charge in [-0.15, -0.1) is 12.4 Å². The summed E-state index contributed by atoms with van der Waals surface area (Å²) in [4.78, 5) is 1.13. The molecule has 0 fully saturated rings. The lowest BCUT2D eigenvalue weighted by Gasteiger charge is -2.10. The molecule has 1 atom stereocenters. The lowest BCUT2D eigenvalue weighted by Crippen LogP contribution is -2.28. The van der Waals surface area contributed by atoms with Gasteiger partial charge in [-0.2, -0.15) is 0 Å². The zero-order valence-electron chi connectivity index (χ0n) is 8.34. The second kappa shape index (κ2) is 4.41. The maximum atomic E-state index is 5.84. The second-order valence-electron chi connectivity index (χ2n) is 3.34. The number of para-hydroxylation sites is 1. The first-order valence-electron chi connectivity index (χ1n) is 4.70. The van der Waals surface area contributed by atoms with Crippen LogP contribution in [0.2, 0.25) is 0 Å². The van der Waals surface area contributed by atoms with Crippen LogP contribution < -0.4 is 15.8 Å². The zero-order valence-corrected chi connectivity index (χ0v) is 9.98. The SMILES string of the molecule is Cl.NC1NC2=C(C=COc3ccccc32)S1. The van der Waals surface area contributed by atoms with Crippen molar-refractivity contribution in [3.05, 3.63) is 47.1 Å². The predicted molar refractivity (Wildman–Crippen MR) is 69.1 cm³/mol. The molecule has 16 heavy (non-hydrogen) atoms. The van der Waals surface area contributed by atoms with Gasteiger partial charge in [0.25, 0.3) is 0 Å². The number of thioether (sulfide) groups is 1. The smallest absolute Gasteiger partial charge is 0.135 e. The molecule has 84 valence electrons. The van der Waals surface area contributed by atoms with Crippen LogP contribution in [-0.2, 0) is 0 Å². The van der Waals surface area contributed by atoms with Gasteiger partial charge in [-0.3, -0.25) is 0 Å². The van der Waals surface area contributed by atoms with Crippen LogP contribution in [-0.4, -0.2) is 5.50 Å². The Bertz CT molecular complexity index is 473. The highest BCUT2D eigenvalue weighted by molar-refractivity contribution is 8.04. The van der Waals surface area contributed by atoms with Crippen molar-refractivity contribution in [1.82, 2.24) is 5.32 Å². The molecule has 0 saturated carbocycles. The van der Waals surface area contributed by atoms with E-state index in [4.69, 9.17) is 10.5 Å². The van der Waals surface area contributed by atoms with Gasteiger partial charge in [0.15, 0.2) is 0 Å². The summed E-state index contributed by atoms with van der Waals surface area (Å²) in [5.41, 5.74) is 7.91. The molecular formula is C11H11ClN2OS. The molecule has 2 heterocycles. The predicted octanol–water partition coefficient (Wildman–Crippen LogP) is 2.26. The highest BCUT2D eigenvalue weighted by Crippen LogP contribution is 2.39. The molecule has 0 bridgehead atoms. The van der Waals surface area contributed by atoms with E-state index in [0.717, 1.165) is 21.9 Å². The Morgan fingerprint density at radius 1 is 1.31 bits per heavy atom. The van der Waals surface area contributed by atoms with Crippen LogP contribution in [0.25, 0.3) is 5.70 Å². The zero-order chi connectivity index (χ0) is 10.3. The van der Waals surface area contributed by atoms with Gasteiger partial charge in [0.2, 0.25) is 0 Å². The van der Waals surface area contributed by atoms with E-state index in [1.54, 1.807) is 18.0 Å². The Morgan fingerprint density at radius 2 is 2.12 bits per heavy atom. The number of hydrogen-bond acceptors (Lipinski definition) is 4. The molecule has 2 aliphatic heterocycles. The van der Waals surface area contributed by atoms with Crippen LogP contribution in [0.3, 0.4) is 0 Å². The van der Waals surface area contributed by atoms with Crippen molar-refractivity contribution < 1.29 is 4.74 Å². The summed E-state index contributed by atoms with van der Waals surface area (Å²) in [6, 6.07) is 7.93. The molecule has 2 aliphatic rings. The van der Waals surface area contributed by atoms with Gasteiger partial charge < -0.3 is 15.8 Å². The van der Waals surface area contributed by atoms with Crippen molar-refractivity contribution in [1.29, 1.82) is 0 Å². The van der Waals surface area contributed by atoms with Crippen molar-refractivity contribution in [3.8, 4) is 5.75 Å². The van der Waals surface area contributed by atoms with Crippen molar-refractivity contribution >= 4 is 29.9 Å². The Kier molecular flexibility index (Phi) is 3.14. The average molecular weight is 255 g/mol. The highest BCUT2D eigenvalue weighted by Gasteiger charge is 2.24. The van der Waals surface area contributed by atoms with Crippen molar-refractivity contribution in [2.75, 3.05) is 0 Å². The number of nitrogens with two attached hydrogens (primary N) is 1. The monoisotopic (exact) mass is 254 g/mol. The molecule has 1 unspecified atom stereocenters. The summed E-state index contributed by atoms with van der Waals surface area (Å²) in [5, 5.41) is 3.24. The number of allylic oxidation sites excluding steroid dienone is 1. The van der Waals surface area contributed by atoms with E-state index in [-0.39, 0.29) is 17.9 Å². The minimum atomic E-state index is -0.0641. The van der Waals surface area contributed by atoms with Gasteiger partial charge in [0.1, 0.15) is 11.2 Å². The molecule has 0 spiro atoms. The number of benzene rings is 1. The van der Waals surface area contributed by atoms with Crippen LogP contribution >= 0.6 is 24.2 Å². The van der Waals surface area contributed by atoms with Crippen molar-refractivity contribution in [2.24, 2.45) is 5.73 Å². The Labute approximate surface area is 104 Å². The van der Waals surface area contributed by atoms with Gasteiger partial charge in [0.05, 0.1) is 12.0 Å². The first kappa shape index (κ1) is 11.4. The van der Waals surface area contributed by atoms with E-state index < -0.39 is 0 Å². The lowest BCUT2D eigenvalue weighted by molar-refractivity contribution is 0.480. The first-order chi connectivity index (χ1) is 7.34. The second-order valence-corrected chi connectivity index (χ2v) is 4.52. The molecule has 0 aliphatic carbocycles. The normalized spacial score (nSPS) is 21.2. The van der Waals surface area contributed by atoms with Crippen LogP contribution in [0.5, 0.6) is 5.75 Å². The summed E-state index contributed by atoms with van der Waals surface area (Å²) in [6.45, 7) is 0. The fourth-order valence-electron chi connectivity index (χ4n) is 1.72. The first-order valence-corrected chi connectivity index (χ1v) is 5.58. The molecule has 1 aromatic rings. The maximum absolute atomic E-state index is 5.84. The van der Waals surface area contributed by atoms with E-state index in [2.05, 4.69) is 5.32 Å². The van der Waals surface area contributed by atoms with E-state index >= 15 is 0 Å². The van der Waals surface area contributed by atoms with Gasteiger partial charge in [0, 0.05) is 10.5 Å². The maximum Gasteiger partial charge on any atom is 0.135 e. The molecule has 0 saturated heterocycles. The number of rotatable bonds is 0. The quantitative estimate of drug-likeness (QED) is 0.746. The number of nitrogens with one attached hydrogen (secondary N) is 1. The third-order valence-electron chi connectivity index (χ3n) is 2.36. The van der Waals surface area contributed by atoms with E-state index in [0.29, 0.717) is 0 Å². The number of ether oxygens (including phenoxy) is 1. The number of halogens is 1. The Hall–Kier alpha value is -1.10. The summed E-state index contributed by atoms with van der Waals surface area (Å²) in [6.07, 6.45) is 3.65. The van der Waals surface area contributed by atoms with Crippen molar-refractivity contribution in [3.63, 3.8) is 0 Å². The number of hydrogen-bond donors (Lipinski definition) is 2. The largest absolute Gasteiger partial charge is 0.464 e. The van der Waals surface area contributed by atoms with Gasteiger partial charge in [-0.1, -0.05) is 23.9 Å². The molecule has 3 rings (SSSR count). The molecule has 0 radical (unpaired) electrons. The molecule has 5 heteroatoms. The molecule has 3 N–H and O–H groups in total. The molecule has 0 aromatic heterocycles. The van der Waals surface area contributed by atoms with Gasteiger partial charge in [-0.25, -0.2) is 0 Å². The summed E-state index contributed by atoms with van der Waals surface area (Å²) in [7, 11) is 0. The van der Waals surface area contributed by atoms with Gasteiger partial charge in [-0.05, 0) is 18.2 Å². The lowest BCUT2D eigenvalue weighted by atomic mass is 10.1. The highest BCUT2D eigenvalue weighted by atomic mass is 35.5. The van der Waals surface area contributed by atoms with Crippen LogP contribution in [0, 0.1) is 0 Å². The molecule has 3 nitrogen and oxygen atoms in total. The van der Waals surface area contributed by atoms with Crippen molar-refractivity contribution in [2.45, 2.75) is 5.50 Å². The summed E-state index contributed by atoms with van der Waals surface area (Å²) in [5.74, 6) is 0.862.